The third-order valence-electron chi connectivity index (χ3n) is 5.04. The summed E-state index contributed by atoms with van der Waals surface area (Å²) >= 11 is 0. The first-order valence-electron chi connectivity index (χ1n) is 8.69. The van der Waals surface area contributed by atoms with Crippen LogP contribution in [0.5, 0.6) is 0 Å². The Hall–Kier alpha value is -1.46. The maximum Gasteiger partial charge on any atom is 0.228 e. The third kappa shape index (κ3) is 4.09. The van der Waals surface area contributed by atoms with E-state index in [0.717, 1.165) is 64.5 Å². The van der Waals surface area contributed by atoms with Gasteiger partial charge in [-0.25, -0.2) is 0 Å². The van der Waals surface area contributed by atoms with E-state index in [4.69, 9.17) is 4.74 Å². The van der Waals surface area contributed by atoms with Crippen LogP contribution in [0.2, 0.25) is 0 Å². The molecule has 1 atom stereocenters. The molecule has 1 aromatic heterocycles. The molecule has 2 fully saturated rings. The smallest absolute Gasteiger partial charge is 0.228 e. The second-order valence-corrected chi connectivity index (χ2v) is 6.84. The van der Waals surface area contributed by atoms with E-state index < -0.39 is 0 Å². The fourth-order valence-electron chi connectivity index (χ4n) is 3.79. The van der Waals surface area contributed by atoms with Gasteiger partial charge in [0.2, 0.25) is 5.91 Å². The summed E-state index contributed by atoms with van der Waals surface area (Å²) in [5, 5.41) is 0. The normalized spacial score (nSPS) is 26.2. The Bertz CT molecular complexity index is 522. The Balaban J connectivity index is 1.66. The molecular formula is C18H27N3O2. The molecule has 0 radical (unpaired) electrons. The molecule has 1 spiro atoms. The highest BCUT2D eigenvalue weighted by Gasteiger charge is 2.39. The lowest BCUT2D eigenvalue weighted by molar-refractivity contribution is -0.135. The number of rotatable bonds is 3. The van der Waals surface area contributed by atoms with Crippen LogP contribution in [0.3, 0.4) is 0 Å². The zero-order valence-corrected chi connectivity index (χ0v) is 14.0. The minimum absolute atomic E-state index is 0.102. The van der Waals surface area contributed by atoms with Crippen LogP contribution in [0, 0.1) is 5.41 Å². The summed E-state index contributed by atoms with van der Waals surface area (Å²) in [4.78, 5) is 21.4. The number of amides is 1. The third-order valence-corrected chi connectivity index (χ3v) is 5.04. The topological polar surface area (TPSA) is 45.7 Å². The molecule has 3 heterocycles. The molecule has 0 N–H and O–H groups in total. The van der Waals surface area contributed by atoms with Gasteiger partial charge in [-0.15, -0.1) is 0 Å². The van der Waals surface area contributed by atoms with E-state index in [1.54, 1.807) is 6.20 Å². The molecule has 1 unspecified atom stereocenters. The summed E-state index contributed by atoms with van der Waals surface area (Å²) in [6.07, 6.45) is 4.36. The molecule has 0 saturated carbocycles. The number of aromatic nitrogens is 1. The number of nitrogens with zero attached hydrogens (tertiary/aromatic N) is 3. The summed E-state index contributed by atoms with van der Waals surface area (Å²) in [7, 11) is 0. The van der Waals surface area contributed by atoms with Gasteiger partial charge in [0.05, 0.1) is 19.6 Å². The van der Waals surface area contributed by atoms with E-state index in [-0.39, 0.29) is 11.3 Å². The van der Waals surface area contributed by atoms with Crippen LogP contribution >= 0.6 is 0 Å². The van der Waals surface area contributed by atoms with E-state index in [9.17, 15) is 4.79 Å². The fraction of sp³-hybridized carbons (Fsp3) is 0.667. The molecule has 0 aliphatic carbocycles. The van der Waals surface area contributed by atoms with Gasteiger partial charge in [-0.1, -0.05) is 13.0 Å². The minimum Gasteiger partial charge on any atom is -0.379 e. The number of hydrogen-bond donors (Lipinski definition) is 0. The van der Waals surface area contributed by atoms with Crippen LogP contribution in [-0.4, -0.2) is 66.6 Å². The van der Waals surface area contributed by atoms with Crippen molar-refractivity contribution in [2.75, 3.05) is 45.9 Å². The van der Waals surface area contributed by atoms with Gasteiger partial charge in [0, 0.05) is 43.5 Å². The number of pyridine rings is 1. The quantitative estimate of drug-likeness (QED) is 0.849. The van der Waals surface area contributed by atoms with Gasteiger partial charge in [-0.3, -0.25) is 9.78 Å². The molecule has 5 heteroatoms. The lowest BCUT2D eigenvalue weighted by atomic mass is 9.80. The molecule has 1 amide bonds. The van der Waals surface area contributed by atoms with Gasteiger partial charge in [-0.05, 0) is 31.5 Å². The van der Waals surface area contributed by atoms with Gasteiger partial charge < -0.3 is 14.5 Å². The standard InChI is InChI=1S/C18H27N3O2/c1-2-20-10-11-23-15-18(13-20)7-5-9-21(14-18)17(22)12-16-6-3-4-8-19-16/h3-4,6,8H,2,5,7,9-15H2,1H3. The second-order valence-electron chi connectivity index (χ2n) is 6.84. The molecule has 5 nitrogen and oxygen atoms in total. The summed E-state index contributed by atoms with van der Waals surface area (Å²) in [5.41, 5.74) is 0.953. The minimum atomic E-state index is 0.102. The zero-order valence-electron chi connectivity index (χ0n) is 14.0. The lowest BCUT2D eigenvalue weighted by Crippen LogP contribution is -2.52. The van der Waals surface area contributed by atoms with E-state index in [1.807, 2.05) is 23.1 Å². The molecule has 126 valence electrons. The zero-order chi connectivity index (χ0) is 16.1. The highest BCUT2D eigenvalue weighted by Crippen LogP contribution is 2.33. The summed E-state index contributed by atoms with van der Waals surface area (Å²) in [6.45, 7) is 8.54. The highest BCUT2D eigenvalue weighted by atomic mass is 16.5. The van der Waals surface area contributed by atoms with Crippen molar-refractivity contribution in [1.82, 2.24) is 14.8 Å². The largest absolute Gasteiger partial charge is 0.379 e. The molecule has 23 heavy (non-hydrogen) atoms. The number of likely N-dealkylation sites (tertiary alicyclic amines) is 1. The van der Waals surface area contributed by atoms with Crippen molar-refractivity contribution in [2.45, 2.75) is 26.2 Å². The number of likely N-dealkylation sites (N-methyl/N-ethyl adjacent to an activating group) is 1. The van der Waals surface area contributed by atoms with Crippen LogP contribution in [-0.2, 0) is 16.0 Å². The average Bonchev–Trinajstić information content (AvgIpc) is 2.78. The maximum atomic E-state index is 12.7. The van der Waals surface area contributed by atoms with E-state index in [1.165, 1.54) is 0 Å². The summed E-state index contributed by atoms with van der Waals surface area (Å²) in [5.74, 6) is 0.190. The number of piperidine rings is 1. The van der Waals surface area contributed by atoms with Gasteiger partial charge >= 0.3 is 0 Å². The van der Waals surface area contributed by atoms with Crippen LogP contribution in [0.25, 0.3) is 0 Å². The van der Waals surface area contributed by atoms with Crippen molar-refractivity contribution in [3.8, 4) is 0 Å². The lowest BCUT2D eigenvalue weighted by Gasteiger charge is -2.43. The van der Waals surface area contributed by atoms with Crippen LogP contribution in [0.15, 0.2) is 24.4 Å². The van der Waals surface area contributed by atoms with Crippen molar-refractivity contribution in [3.63, 3.8) is 0 Å². The predicted molar refractivity (Wildman–Crippen MR) is 89.1 cm³/mol. The van der Waals surface area contributed by atoms with Crippen LogP contribution in [0.4, 0.5) is 0 Å². The molecule has 2 aliphatic heterocycles. The van der Waals surface area contributed by atoms with Crippen molar-refractivity contribution in [3.05, 3.63) is 30.1 Å². The number of carbonyl (C=O) groups is 1. The van der Waals surface area contributed by atoms with Gasteiger partial charge in [0.15, 0.2) is 0 Å². The van der Waals surface area contributed by atoms with Gasteiger partial charge in [-0.2, -0.15) is 0 Å². The molecule has 0 aromatic carbocycles. The van der Waals surface area contributed by atoms with E-state index in [0.29, 0.717) is 6.42 Å². The Morgan fingerprint density at radius 1 is 1.35 bits per heavy atom. The van der Waals surface area contributed by atoms with Crippen molar-refractivity contribution in [2.24, 2.45) is 5.41 Å². The maximum absolute atomic E-state index is 12.7. The van der Waals surface area contributed by atoms with Gasteiger partial charge in [0.25, 0.3) is 0 Å². The molecule has 1 aromatic rings. The Morgan fingerprint density at radius 3 is 3.04 bits per heavy atom. The van der Waals surface area contributed by atoms with Crippen LogP contribution in [0.1, 0.15) is 25.5 Å². The Kier molecular flexibility index (Phi) is 5.28. The summed E-state index contributed by atoms with van der Waals surface area (Å²) in [6, 6.07) is 5.74. The van der Waals surface area contributed by atoms with Crippen molar-refractivity contribution < 1.29 is 9.53 Å². The summed E-state index contributed by atoms with van der Waals surface area (Å²) < 4.78 is 5.87. The molecule has 2 saturated heterocycles. The Labute approximate surface area is 138 Å². The van der Waals surface area contributed by atoms with Crippen molar-refractivity contribution in [1.29, 1.82) is 0 Å². The monoisotopic (exact) mass is 317 g/mol. The van der Waals surface area contributed by atoms with Gasteiger partial charge in [0.1, 0.15) is 0 Å². The van der Waals surface area contributed by atoms with E-state index in [2.05, 4.69) is 16.8 Å². The number of hydrogen-bond acceptors (Lipinski definition) is 4. The van der Waals surface area contributed by atoms with Crippen molar-refractivity contribution >= 4 is 5.91 Å². The predicted octanol–water partition coefficient (Wildman–Crippen LogP) is 1.58. The first-order chi connectivity index (χ1) is 11.2. The molecular weight excluding hydrogens is 290 g/mol. The first kappa shape index (κ1) is 16.4. The highest BCUT2D eigenvalue weighted by molar-refractivity contribution is 5.78. The van der Waals surface area contributed by atoms with Crippen LogP contribution < -0.4 is 0 Å². The first-order valence-corrected chi connectivity index (χ1v) is 8.69. The second kappa shape index (κ2) is 7.41. The number of carbonyl (C=O) groups excluding carboxylic acids is 1. The SMILES string of the molecule is CCN1CCOCC2(CCCN(C(=O)Cc3ccccn3)C2)C1. The molecule has 2 aliphatic rings. The van der Waals surface area contributed by atoms with E-state index >= 15 is 0 Å². The Morgan fingerprint density at radius 2 is 2.26 bits per heavy atom. The number of ether oxygens (including phenoxy) is 1. The molecule has 3 rings (SSSR count). The fourth-order valence-corrected chi connectivity index (χ4v) is 3.79. The molecule has 0 bridgehead atoms. The average molecular weight is 317 g/mol.